The molecule has 2 atom stereocenters. The van der Waals surface area contributed by atoms with Crippen LogP contribution in [0.1, 0.15) is 19.3 Å². The molecule has 1 saturated carbocycles. The van der Waals surface area contributed by atoms with Crippen molar-refractivity contribution in [3.05, 3.63) is 0 Å². The fourth-order valence-electron chi connectivity index (χ4n) is 1.06. The minimum absolute atomic E-state index is 0.136. The molecule has 0 aliphatic heterocycles. The molecule has 2 nitrogen and oxygen atoms in total. The van der Waals surface area contributed by atoms with Crippen LogP contribution in [0.25, 0.3) is 0 Å². The number of rotatable bonds is 1. The van der Waals surface area contributed by atoms with E-state index in [4.69, 9.17) is 16.8 Å². The molecule has 2 N–H and O–H groups in total. The van der Waals surface area contributed by atoms with Gasteiger partial charge in [0.1, 0.15) is 0 Å². The third kappa shape index (κ3) is 1.13. The van der Waals surface area contributed by atoms with Crippen molar-refractivity contribution >= 4 is 11.6 Å². The van der Waals surface area contributed by atoms with E-state index in [0.29, 0.717) is 0 Å². The van der Waals surface area contributed by atoms with Gasteiger partial charge in [-0.2, -0.15) is 0 Å². The Morgan fingerprint density at radius 1 is 1.50 bits per heavy atom. The van der Waals surface area contributed by atoms with Crippen LogP contribution in [0, 0.1) is 0 Å². The van der Waals surface area contributed by atoms with E-state index in [1.807, 2.05) is 0 Å². The average molecular weight is 136 g/mol. The number of halogens is 1. The Bertz CT molecular complexity index is 78.8. The van der Waals surface area contributed by atoms with Gasteiger partial charge in [-0.25, -0.2) is 5.48 Å². The van der Waals surface area contributed by atoms with Crippen LogP contribution in [0.4, 0.5) is 0 Å². The highest BCUT2D eigenvalue weighted by Gasteiger charge is 2.23. The molecule has 0 aromatic carbocycles. The first-order valence-corrected chi connectivity index (χ1v) is 3.32. The lowest BCUT2D eigenvalue weighted by molar-refractivity contribution is 0.129. The second-order valence-corrected chi connectivity index (χ2v) is 2.74. The van der Waals surface area contributed by atoms with Crippen molar-refractivity contribution in [1.29, 1.82) is 0 Å². The van der Waals surface area contributed by atoms with E-state index in [-0.39, 0.29) is 11.4 Å². The first-order chi connectivity index (χ1) is 3.84. The molecule has 1 aliphatic carbocycles. The van der Waals surface area contributed by atoms with Crippen molar-refractivity contribution in [2.75, 3.05) is 0 Å². The number of nitrogens with one attached hydrogen (secondary N) is 1. The van der Waals surface area contributed by atoms with Crippen molar-refractivity contribution in [2.24, 2.45) is 0 Å². The molecule has 1 rings (SSSR count). The van der Waals surface area contributed by atoms with Gasteiger partial charge < -0.3 is 5.21 Å². The quantitative estimate of drug-likeness (QED) is 0.417. The second-order valence-electron chi connectivity index (χ2n) is 2.18. The lowest BCUT2D eigenvalue weighted by Crippen LogP contribution is -2.29. The fourth-order valence-corrected chi connectivity index (χ4v) is 1.40. The second kappa shape index (κ2) is 2.67. The van der Waals surface area contributed by atoms with Gasteiger partial charge in [0, 0.05) is 6.04 Å². The maximum atomic E-state index is 8.40. The van der Waals surface area contributed by atoms with E-state index in [1.54, 1.807) is 0 Å². The Labute approximate surface area is 53.8 Å². The van der Waals surface area contributed by atoms with E-state index >= 15 is 0 Å². The van der Waals surface area contributed by atoms with Crippen LogP contribution in [0.3, 0.4) is 0 Å². The molecule has 0 saturated heterocycles. The summed E-state index contributed by atoms with van der Waals surface area (Å²) in [6, 6.07) is 0.136. The smallest absolute Gasteiger partial charge is 0.0512 e. The van der Waals surface area contributed by atoms with Gasteiger partial charge in [0.2, 0.25) is 0 Å². The summed E-state index contributed by atoms with van der Waals surface area (Å²) in [4.78, 5) is 0. The van der Waals surface area contributed by atoms with Crippen molar-refractivity contribution in [2.45, 2.75) is 30.7 Å². The third-order valence-corrected chi connectivity index (χ3v) is 2.12. The van der Waals surface area contributed by atoms with Crippen molar-refractivity contribution in [3.63, 3.8) is 0 Å². The maximum Gasteiger partial charge on any atom is 0.0512 e. The van der Waals surface area contributed by atoms with E-state index in [9.17, 15) is 0 Å². The van der Waals surface area contributed by atoms with E-state index in [2.05, 4.69) is 5.48 Å². The van der Waals surface area contributed by atoms with Crippen LogP contribution in [0.15, 0.2) is 0 Å². The molecular weight excluding hydrogens is 126 g/mol. The number of alkyl halides is 1. The largest absolute Gasteiger partial charge is 0.316 e. The topological polar surface area (TPSA) is 32.3 Å². The molecule has 0 aromatic heterocycles. The van der Waals surface area contributed by atoms with E-state index in [1.165, 1.54) is 0 Å². The zero-order valence-electron chi connectivity index (χ0n) is 4.60. The van der Waals surface area contributed by atoms with E-state index in [0.717, 1.165) is 19.3 Å². The zero-order chi connectivity index (χ0) is 5.98. The van der Waals surface area contributed by atoms with Gasteiger partial charge in [-0.05, 0) is 12.8 Å². The Hall–Kier alpha value is 0.210. The van der Waals surface area contributed by atoms with Gasteiger partial charge >= 0.3 is 0 Å². The number of hydrogen-bond acceptors (Lipinski definition) is 2. The van der Waals surface area contributed by atoms with Crippen LogP contribution in [-0.4, -0.2) is 16.6 Å². The lowest BCUT2D eigenvalue weighted by Gasteiger charge is -2.08. The first kappa shape index (κ1) is 6.33. The Kier molecular flexibility index (Phi) is 2.11. The van der Waals surface area contributed by atoms with Crippen molar-refractivity contribution in [1.82, 2.24) is 5.48 Å². The van der Waals surface area contributed by atoms with Crippen LogP contribution >= 0.6 is 11.6 Å². The van der Waals surface area contributed by atoms with Gasteiger partial charge in [0.05, 0.1) is 5.38 Å². The highest BCUT2D eigenvalue weighted by molar-refractivity contribution is 6.21. The average Bonchev–Trinajstić information content (AvgIpc) is 2.14. The molecule has 1 fully saturated rings. The fraction of sp³-hybridized carbons (Fsp3) is 1.00. The van der Waals surface area contributed by atoms with Crippen molar-refractivity contribution in [3.8, 4) is 0 Å². The standard InChI is InChI=1S/C5H10ClNO/c6-4-2-1-3-5(4)7-8/h4-5,7-8H,1-3H2/t4-,5-/m0/s1. The summed E-state index contributed by atoms with van der Waals surface area (Å²) in [5.41, 5.74) is 2.18. The summed E-state index contributed by atoms with van der Waals surface area (Å²) in [7, 11) is 0. The zero-order valence-corrected chi connectivity index (χ0v) is 5.36. The summed E-state index contributed by atoms with van der Waals surface area (Å²) < 4.78 is 0. The van der Waals surface area contributed by atoms with Crippen LogP contribution in [0.2, 0.25) is 0 Å². The summed E-state index contributed by atoms with van der Waals surface area (Å²) in [5.74, 6) is 0. The Balaban J connectivity index is 2.30. The van der Waals surface area contributed by atoms with Gasteiger partial charge in [0.25, 0.3) is 0 Å². The Morgan fingerprint density at radius 2 is 2.25 bits per heavy atom. The molecule has 1 aliphatic rings. The number of hydroxylamine groups is 1. The lowest BCUT2D eigenvalue weighted by atomic mass is 10.3. The maximum absolute atomic E-state index is 8.40. The van der Waals surface area contributed by atoms with Gasteiger partial charge in [-0.3, -0.25) is 0 Å². The van der Waals surface area contributed by atoms with Crippen LogP contribution in [0.5, 0.6) is 0 Å². The third-order valence-electron chi connectivity index (χ3n) is 1.60. The molecule has 0 unspecified atom stereocenters. The summed E-state index contributed by atoms with van der Waals surface area (Å²) in [6.07, 6.45) is 3.16. The molecule has 0 aromatic rings. The predicted octanol–water partition coefficient (Wildman–Crippen LogP) is 1.13. The Morgan fingerprint density at radius 3 is 2.50 bits per heavy atom. The molecule has 0 bridgehead atoms. The highest BCUT2D eigenvalue weighted by Crippen LogP contribution is 2.23. The highest BCUT2D eigenvalue weighted by atomic mass is 35.5. The van der Waals surface area contributed by atoms with Gasteiger partial charge in [-0.15, -0.1) is 11.6 Å². The molecular formula is C5H10ClNO. The first-order valence-electron chi connectivity index (χ1n) is 2.88. The van der Waals surface area contributed by atoms with Gasteiger partial charge in [-0.1, -0.05) is 6.42 Å². The van der Waals surface area contributed by atoms with Gasteiger partial charge in [0.15, 0.2) is 0 Å². The molecule has 3 heteroatoms. The molecule has 48 valence electrons. The molecule has 0 heterocycles. The monoisotopic (exact) mass is 135 g/mol. The van der Waals surface area contributed by atoms with Crippen molar-refractivity contribution < 1.29 is 5.21 Å². The van der Waals surface area contributed by atoms with Crippen LogP contribution in [-0.2, 0) is 0 Å². The molecule has 0 amide bonds. The molecule has 8 heavy (non-hydrogen) atoms. The number of hydrogen-bond donors (Lipinski definition) is 2. The minimum atomic E-state index is 0.136. The predicted molar refractivity (Wildman–Crippen MR) is 32.2 cm³/mol. The summed E-state index contributed by atoms with van der Waals surface area (Å²) >= 11 is 5.76. The molecule has 0 radical (unpaired) electrons. The van der Waals surface area contributed by atoms with Crippen LogP contribution < -0.4 is 5.48 Å². The summed E-state index contributed by atoms with van der Waals surface area (Å²) in [6.45, 7) is 0. The normalized spacial score (nSPS) is 38.2. The molecule has 0 spiro atoms. The summed E-state index contributed by atoms with van der Waals surface area (Å²) in [5, 5.41) is 8.54. The van der Waals surface area contributed by atoms with E-state index < -0.39 is 0 Å². The minimum Gasteiger partial charge on any atom is -0.316 e. The SMILES string of the molecule is ON[C@H]1CCC[C@@H]1Cl.